The van der Waals surface area contributed by atoms with Gasteiger partial charge in [0.2, 0.25) is 0 Å². The van der Waals surface area contributed by atoms with Gasteiger partial charge in [-0.25, -0.2) is 0 Å². The molecule has 0 bridgehead atoms. The van der Waals surface area contributed by atoms with E-state index < -0.39 is 0 Å². The van der Waals surface area contributed by atoms with Crippen LogP contribution >= 0.6 is 0 Å². The molecule has 8 atom stereocenters. The lowest BCUT2D eigenvalue weighted by molar-refractivity contribution is -0.00802. The maximum atomic E-state index is 9.61. The lowest BCUT2D eigenvalue weighted by Gasteiger charge is -2.57. The maximum Gasteiger partial charge on any atom is 0.0879 e. The Morgan fingerprint density at radius 2 is 1.79 bits per heavy atom. The molecule has 29 heavy (non-hydrogen) atoms. The highest BCUT2D eigenvalue weighted by molar-refractivity contribution is 5.27. The molecule has 0 aliphatic heterocycles. The molecule has 0 heterocycles. The molecule has 0 amide bonds. The van der Waals surface area contributed by atoms with Gasteiger partial charge in [-0.1, -0.05) is 71.6 Å². The molecule has 0 aromatic carbocycles. The third-order valence-electron chi connectivity index (χ3n) is 10.6. The Bertz CT molecular complexity index is 647. The zero-order chi connectivity index (χ0) is 20.8. The van der Waals surface area contributed by atoms with E-state index in [1.807, 2.05) is 5.57 Å². The molecule has 4 aliphatic rings. The minimum Gasteiger partial charge on any atom is -0.513 e. The third kappa shape index (κ3) is 3.63. The van der Waals surface area contributed by atoms with Crippen molar-refractivity contribution < 1.29 is 5.11 Å². The van der Waals surface area contributed by atoms with Crippen LogP contribution in [0.25, 0.3) is 0 Å². The van der Waals surface area contributed by atoms with Crippen LogP contribution in [0.3, 0.4) is 0 Å². The Balaban J connectivity index is 1.45. The predicted molar refractivity (Wildman–Crippen MR) is 124 cm³/mol. The molecule has 1 N–H and O–H groups in total. The second-order valence-corrected chi connectivity index (χ2v) is 12.0. The van der Waals surface area contributed by atoms with Gasteiger partial charge >= 0.3 is 0 Å². The van der Waals surface area contributed by atoms with E-state index in [2.05, 4.69) is 40.3 Å². The molecule has 0 spiro atoms. The molecule has 0 radical (unpaired) electrons. The first-order valence-corrected chi connectivity index (χ1v) is 12.8. The lowest BCUT2D eigenvalue weighted by atomic mass is 9.48. The Morgan fingerprint density at radius 3 is 2.55 bits per heavy atom. The average Bonchev–Trinajstić information content (AvgIpc) is 3.04. The van der Waals surface area contributed by atoms with Gasteiger partial charge in [0.15, 0.2) is 0 Å². The van der Waals surface area contributed by atoms with Crippen LogP contribution in [0.15, 0.2) is 24.0 Å². The monoisotopic (exact) mass is 398 g/mol. The number of hydrogen-bond acceptors (Lipinski definition) is 1. The molecule has 3 fully saturated rings. The van der Waals surface area contributed by atoms with E-state index in [-0.39, 0.29) is 5.92 Å². The molecule has 4 aliphatic carbocycles. The molecule has 2 unspecified atom stereocenters. The number of aliphatic hydroxyl groups is 1. The van der Waals surface area contributed by atoms with Crippen LogP contribution in [-0.2, 0) is 0 Å². The molecule has 3 saturated carbocycles. The van der Waals surface area contributed by atoms with Crippen molar-refractivity contribution in [1.82, 2.24) is 0 Å². The normalized spacial score (nSPS) is 43.5. The molecule has 1 nitrogen and oxygen atoms in total. The van der Waals surface area contributed by atoms with Gasteiger partial charge in [-0.2, -0.15) is 0 Å². The molecule has 1 heteroatoms. The minimum atomic E-state index is 0.251. The average molecular weight is 399 g/mol. The summed E-state index contributed by atoms with van der Waals surface area (Å²) in [4.78, 5) is 0. The van der Waals surface area contributed by atoms with E-state index in [1.54, 1.807) is 0 Å². The van der Waals surface area contributed by atoms with E-state index in [4.69, 9.17) is 0 Å². The van der Waals surface area contributed by atoms with Gasteiger partial charge in [-0.15, -0.1) is 0 Å². The predicted octanol–water partition coefficient (Wildman–Crippen LogP) is 8.47. The standard InChI is InChI=1S/C28H46O/c1-19(21(3)29)9-8-10-20(2)24-14-15-25-23-13-12-22-11-6-7-17-27(22,4)26(23)16-18-28(24,25)5/h13,19-20,22,24-26,29H,3,6-12,14-18H2,1-2,4-5H3/t19?,20-,22?,24-,25+,26+,27+,28-/m1/s1. The number of aliphatic hydroxyl groups excluding tert-OH is 1. The van der Waals surface area contributed by atoms with Crippen molar-refractivity contribution in [2.75, 3.05) is 0 Å². The summed E-state index contributed by atoms with van der Waals surface area (Å²) < 4.78 is 0. The minimum absolute atomic E-state index is 0.251. The highest BCUT2D eigenvalue weighted by Gasteiger charge is 2.57. The highest BCUT2D eigenvalue weighted by Crippen LogP contribution is 2.66. The fourth-order valence-electron chi connectivity index (χ4n) is 8.63. The van der Waals surface area contributed by atoms with Crippen LogP contribution in [0, 0.1) is 46.3 Å². The summed E-state index contributed by atoms with van der Waals surface area (Å²) in [7, 11) is 0. The van der Waals surface area contributed by atoms with E-state index in [9.17, 15) is 5.11 Å². The van der Waals surface area contributed by atoms with Gasteiger partial charge in [0.1, 0.15) is 0 Å². The van der Waals surface area contributed by atoms with Crippen molar-refractivity contribution in [3.63, 3.8) is 0 Å². The number of allylic oxidation sites excluding steroid dienone is 3. The van der Waals surface area contributed by atoms with Crippen LogP contribution in [0.5, 0.6) is 0 Å². The highest BCUT2D eigenvalue weighted by atomic mass is 16.3. The fraction of sp³-hybridized carbons (Fsp3) is 0.857. The summed E-state index contributed by atoms with van der Waals surface area (Å²) in [5.74, 6) is 5.04. The molecule has 4 rings (SSSR count). The van der Waals surface area contributed by atoms with Crippen molar-refractivity contribution in [2.45, 2.75) is 105 Å². The molecular weight excluding hydrogens is 352 g/mol. The van der Waals surface area contributed by atoms with Gasteiger partial charge < -0.3 is 5.11 Å². The quantitative estimate of drug-likeness (QED) is 0.351. The van der Waals surface area contributed by atoms with Crippen LogP contribution in [0.4, 0.5) is 0 Å². The Labute approximate surface area is 180 Å². The summed E-state index contributed by atoms with van der Waals surface area (Å²) in [6.45, 7) is 13.7. The van der Waals surface area contributed by atoms with Crippen molar-refractivity contribution in [3.8, 4) is 0 Å². The first kappa shape index (κ1) is 21.5. The summed E-state index contributed by atoms with van der Waals surface area (Å²) in [6, 6.07) is 0. The van der Waals surface area contributed by atoms with Gasteiger partial charge in [-0.05, 0) is 91.8 Å². The van der Waals surface area contributed by atoms with Gasteiger partial charge in [0.25, 0.3) is 0 Å². The zero-order valence-corrected chi connectivity index (χ0v) is 19.7. The van der Waals surface area contributed by atoms with Crippen molar-refractivity contribution in [2.24, 2.45) is 46.3 Å². The number of hydrogen-bond donors (Lipinski definition) is 1. The largest absolute Gasteiger partial charge is 0.513 e. The van der Waals surface area contributed by atoms with Crippen molar-refractivity contribution in [3.05, 3.63) is 24.0 Å². The summed E-state index contributed by atoms with van der Waals surface area (Å²) in [5.41, 5.74) is 3.06. The molecule has 0 saturated heterocycles. The van der Waals surface area contributed by atoms with E-state index in [1.165, 1.54) is 70.6 Å². The summed E-state index contributed by atoms with van der Waals surface area (Å²) in [5, 5.41) is 9.61. The first-order valence-electron chi connectivity index (χ1n) is 12.8. The molecular formula is C28H46O. The van der Waals surface area contributed by atoms with Gasteiger partial charge in [-0.3, -0.25) is 0 Å². The third-order valence-corrected chi connectivity index (χ3v) is 10.6. The number of fused-ring (bicyclic) bond motifs is 5. The Hall–Kier alpha value is -0.720. The first-order chi connectivity index (χ1) is 13.8. The van der Waals surface area contributed by atoms with E-state index in [0.29, 0.717) is 16.6 Å². The van der Waals surface area contributed by atoms with Gasteiger partial charge in [0, 0.05) is 5.92 Å². The topological polar surface area (TPSA) is 20.2 Å². The van der Waals surface area contributed by atoms with Crippen LogP contribution in [0.1, 0.15) is 105 Å². The maximum absolute atomic E-state index is 9.61. The van der Waals surface area contributed by atoms with Crippen LogP contribution in [-0.4, -0.2) is 5.11 Å². The van der Waals surface area contributed by atoms with Crippen LogP contribution in [0.2, 0.25) is 0 Å². The number of rotatable bonds is 6. The van der Waals surface area contributed by atoms with Gasteiger partial charge in [0.05, 0.1) is 5.76 Å². The van der Waals surface area contributed by atoms with E-state index >= 15 is 0 Å². The Morgan fingerprint density at radius 1 is 1.03 bits per heavy atom. The Kier molecular flexibility index (Phi) is 6.00. The molecule has 164 valence electrons. The SMILES string of the molecule is C=C(O)C(C)CCC[C@@H](C)[C@H]1CC[C@H]2C3=CCC4CCCC[C@]4(C)[C@H]3CC[C@]12C. The summed E-state index contributed by atoms with van der Waals surface area (Å²) in [6.07, 6.45) is 19.5. The zero-order valence-electron chi connectivity index (χ0n) is 19.7. The molecule has 0 aromatic heterocycles. The lowest BCUT2D eigenvalue weighted by Crippen LogP contribution is -2.48. The van der Waals surface area contributed by atoms with Crippen molar-refractivity contribution >= 4 is 0 Å². The van der Waals surface area contributed by atoms with Crippen molar-refractivity contribution in [1.29, 1.82) is 0 Å². The smallest absolute Gasteiger partial charge is 0.0879 e. The van der Waals surface area contributed by atoms with Crippen LogP contribution < -0.4 is 0 Å². The van der Waals surface area contributed by atoms with E-state index in [0.717, 1.165) is 36.0 Å². The second-order valence-electron chi connectivity index (χ2n) is 12.0. The fourth-order valence-corrected chi connectivity index (χ4v) is 8.63. The summed E-state index contributed by atoms with van der Waals surface area (Å²) >= 11 is 0. The molecule has 0 aromatic rings. The second kappa shape index (κ2) is 8.08.